The Balaban J connectivity index is 2.85. The minimum absolute atomic E-state index is 0.0355. The topological polar surface area (TPSA) is 54.8 Å². The van der Waals surface area contributed by atoms with Crippen molar-refractivity contribution in [2.45, 2.75) is 53.5 Å². The molecule has 0 spiro atoms. The first-order valence-corrected chi connectivity index (χ1v) is 9.82. The van der Waals surface area contributed by atoms with Gasteiger partial charge in [0, 0.05) is 45.6 Å². The second-order valence-corrected chi connectivity index (χ2v) is 8.32. The van der Waals surface area contributed by atoms with E-state index in [9.17, 15) is 9.59 Å². The first kappa shape index (κ1) is 23.2. The number of hydrogen-bond donors (Lipinski definition) is 0. The van der Waals surface area contributed by atoms with Crippen molar-refractivity contribution in [3.8, 4) is 0 Å². The molecular weight excluding hydrogens is 342 g/mol. The Kier molecular flexibility index (Phi) is 9.56. The molecule has 0 unspecified atom stereocenters. The lowest BCUT2D eigenvalue weighted by atomic mass is 9.91. The maximum absolute atomic E-state index is 13.0. The Morgan fingerprint density at radius 1 is 1.15 bits per heavy atom. The van der Waals surface area contributed by atoms with Crippen molar-refractivity contribution < 1.29 is 14.3 Å². The molecule has 0 atom stereocenters. The minimum atomic E-state index is -0.0939. The lowest BCUT2D eigenvalue weighted by molar-refractivity contribution is -0.142. The second-order valence-electron chi connectivity index (χ2n) is 8.32. The summed E-state index contributed by atoms with van der Waals surface area (Å²) in [7, 11) is 3.60. The van der Waals surface area contributed by atoms with E-state index in [2.05, 4.69) is 6.92 Å². The van der Waals surface area contributed by atoms with E-state index in [4.69, 9.17) is 4.74 Å². The average Bonchev–Trinajstić information content (AvgIpc) is 2.98. The van der Waals surface area contributed by atoms with Gasteiger partial charge in [0.05, 0.1) is 19.7 Å². The monoisotopic (exact) mass is 379 g/mol. The lowest BCUT2D eigenvalue weighted by Gasteiger charge is -2.29. The van der Waals surface area contributed by atoms with Crippen LogP contribution in [-0.2, 0) is 27.9 Å². The fourth-order valence-electron chi connectivity index (χ4n) is 2.82. The molecule has 0 bridgehead atoms. The van der Waals surface area contributed by atoms with Gasteiger partial charge in [0.1, 0.15) is 0 Å². The smallest absolute Gasteiger partial charge is 0.242 e. The summed E-state index contributed by atoms with van der Waals surface area (Å²) in [4.78, 5) is 29.2. The Hall–Kier alpha value is -1.82. The molecule has 0 saturated heterocycles. The lowest BCUT2D eigenvalue weighted by Crippen LogP contribution is -2.45. The highest BCUT2D eigenvalue weighted by Gasteiger charge is 2.25. The van der Waals surface area contributed by atoms with Crippen LogP contribution in [0.1, 0.15) is 52.7 Å². The number of methoxy groups -OCH3 is 1. The van der Waals surface area contributed by atoms with Crippen LogP contribution < -0.4 is 0 Å². The first-order valence-electron chi connectivity index (χ1n) is 9.82. The SMILES string of the molecule is CCCCN(CC(=O)N(CCOC)Cc1cccn1C)C(=O)CC(C)(C)C. The molecule has 0 radical (unpaired) electrons. The molecule has 1 aromatic heterocycles. The van der Waals surface area contributed by atoms with Gasteiger partial charge in [0.25, 0.3) is 0 Å². The number of aryl methyl sites for hydroxylation is 1. The van der Waals surface area contributed by atoms with Gasteiger partial charge in [-0.25, -0.2) is 0 Å². The fraction of sp³-hybridized carbons (Fsp3) is 0.714. The summed E-state index contributed by atoms with van der Waals surface area (Å²) in [5.74, 6) is 0.0153. The minimum Gasteiger partial charge on any atom is -0.383 e. The third-order valence-corrected chi connectivity index (χ3v) is 4.46. The van der Waals surface area contributed by atoms with Gasteiger partial charge in [-0.3, -0.25) is 9.59 Å². The van der Waals surface area contributed by atoms with Gasteiger partial charge in [-0.1, -0.05) is 34.1 Å². The summed E-state index contributed by atoms with van der Waals surface area (Å²) in [6.45, 7) is 10.5. The van der Waals surface area contributed by atoms with E-state index in [0.717, 1.165) is 18.5 Å². The number of ether oxygens (including phenoxy) is 1. The molecule has 2 amide bonds. The standard InChI is InChI=1S/C21H37N3O3/c1-7-8-12-23(19(25)15-21(2,3)4)17-20(26)24(13-14-27-6)16-18-10-9-11-22(18)5/h9-11H,7-8,12-17H2,1-6H3. The summed E-state index contributed by atoms with van der Waals surface area (Å²) in [5.41, 5.74) is 0.962. The molecule has 27 heavy (non-hydrogen) atoms. The highest BCUT2D eigenvalue weighted by molar-refractivity contribution is 5.85. The van der Waals surface area contributed by atoms with Gasteiger partial charge in [-0.05, 0) is 24.0 Å². The maximum atomic E-state index is 13.0. The van der Waals surface area contributed by atoms with Crippen molar-refractivity contribution in [2.75, 3.05) is 33.4 Å². The zero-order chi connectivity index (χ0) is 20.4. The Morgan fingerprint density at radius 2 is 1.85 bits per heavy atom. The molecule has 0 saturated carbocycles. The van der Waals surface area contributed by atoms with Gasteiger partial charge in [-0.15, -0.1) is 0 Å². The zero-order valence-corrected chi connectivity index (χ0v) is 18.0. The van der Waals surface area contributed by atoms with Crippen molar-refractivity contribution in [3.63, 3.8) is 0 Å². The maximum Gasteiger partial charge on any atom is 0.242 e. The van der Waals surface area contributed by atoms with Crippen LogP contribution in [0.25, 0.3) is 0 Å². The highest BCUT2D eigenvalue weighted by atomic mass is 16.5. The highest BCUT2D eigenvalue weighted by Crippen LogP contribution is 2.20. The molecule has 1 heterocycles. The van der Waals surface area contributed by atoms with Crippen LogP contribution in [0.4, 0.5) is 0 Å². The van der Waals surface area contributed by atoms with Crippen LogP contribution in [0.3, 0.4) is 0 Å². The summed E-state index contributed by atoms with van der Waals surface area (Å²) in [6.07, 6.45) is 4.30. The predicted octanol–water partition coefficient (Wildman–Crippen LogP) is 3.07. The van der Waals surface area contributed by atoms with Crippen LogP contribution in [0.15, 0.2) is 18.3 Å². The number of carbonyl (C=O) groups excluding carboxylic acids is 2. The number of amides is 2. The average molecular weight is 380 g/mol. The van der Waals surface area contributed by atoms with E-state index in [1.165, 1.54) is 0 Å². The van der Waals surface area contributed by atoms with Crippen LogP contribution in [0.2, 0.25) is 0 Å². The summed E-state index contributed by atoms with van der Waals surface area (Å²) >= 11 is 0. The van der Waals surface area contributed by atoms with Crippen LogP contribution in [-0.4, -0.2) is 59.5 Å². The van der Waals surface area contributed by atoms with Gasteiger partial charge >= 0.3 is 0 Å². The quantitative estimate of drug-likeness (QED) is 0.594. The van der Waals surface area contributed by atoms with Gasteiger partial charge in [0.15, 0.2) is 0 Å². The van der Waals surface area contributed by atoms with E-state index in [1.807, 2.05) is 50.7 Å². The van der Waals surface area contributed by atoms with Crippen molar-refractivity contribution in [2.24, 2.45) is 12.5 Å². The van der Waals surface area contributed by atoms with Crippen LogP contribution in [0.5, 0.6) is 0 Å². The van der Waals surface area contributed by atoms with Crippen molar-refractivity contribution >= 4 is 11.8 Å². The van der Waals surface area contributed by atoms with E-state index in [0.29, 0.717) is 32.7 Å². The number of unbranched alkanes of at least 4 members (excludes halogenated alkanes) is 1. The zero-order valence-electron chi connectivity index (χ0n) is 18.0. The Morgan fingerprint density at radius 3 is 2.37 bits per heavy atom. The van der Waals surface area contributed by atoms with E-state index < -0.39 is 0 Å². The number of rotatable bonds is 11. The van der Waals surface area contributed by atoms with Gasteiger partial charge < -0.3 is 19.1 Å². The molecule has 6 nitrogen and oxygen atoms in total. The molecule has 0 aliphatic heterocycles. The summed E-state index contributed by atoms with van der Waals surface area (Å²) in [5, 5.41) is 0. The van der Waals surface area contributed by atoms with Gasteiger partial charge in [-0.2, -0.15) is 0 Å². The largest absolute Gasteiger partial charge is 0.383 e. The molecule has 0 fully saturated rings. The number of hydrogen-bond acceptors (Lipinski definition) is 3. The van der Waals surface area contributed by atoms with E-state index >= 15 is 0 Å². The predicted molar refractivity (Wildman–Crippen MR) is 108 cm³/mol. The molecular formula is C21H37N3O3. The Labute approximate surface area is 164 Å². The fourth-order valence-corrected chi connectivity index (χ4v) is 2.82. The number of nitrogens with zero attached hydrogens (tertiary/aromatic N) is 3. The molecule has 0 aliphatic carbocycles. The molecule has 154 valence electrons. The summed E-state index contributed by atoms with van der Waals surface area (Å²) < 4.78 is 7.18. The molecule has 0 aromatic carbocycles. The van der Waals surface area contributed by atoms with E-state index in [-0.39, 0.29) is 23.8 Å². The first-order chi connectivity index (χ1) is 12.7. The summed E-state index contributed by atoms with van der Waals surface area (Å²) in [6, 6.07) is 3.97. The molecule has 6 heteroatoms. The normalized spacial score (nSPS) is 11.5. The van der Waals surface area contributed by atoms with Crippen LogP contribution >= 0.6 is 0 Å². The van der Waals surface area contributed by atoms with Crippen molar-refractivity contribution in [1.29, 1.82) is 0 Å². The third-order valence-electron chi connectivity index (χ3n) is 4.46. The second kappa shape index (κ2) is 11.1. The number of aromatic nitrogens is 1. The number of carbonyl (C=O) groups is 2. The van der Waals surface area contributed by atoms with Crippen LogP contribution in [0, 0.1) is 5.41 Å². The molecule has 0 aliphatic rings. The molecule has 1 aromatic rings. The Bertz CT molecular complexity index is 590. The van der Waals surface area contributed by atoms with Crippen molar-refractivity contribution in [3.05, 3.63) is 24.0 Å². The third kappa shape index (κ3) is 8.61. The van der Waals surface area contributed by atoms with Crippen molar-refractivity contribution in [1.82, 2.24) is 14.4 Å². The van der Waals surface area contributed by atoms with Gasteiger partial charge in [0.2, 0.25) is 11.8 Å². The molecule has 1 rings (SSSR count). The van der Waals surface area contributed by atoms with E-state index in [1.54, 1.807) is 16.9 Å². The molecule has 0 N–H and O–H groups in total.